The standard InChI is InChI=1S/C26H32N4O2/c1-32-22-5-3-21(4-6-22)25-14-19-13-20(15-25)17-26(16-19,18-25)23(31)29-9-11-30(12-10-29)24-27-7-2-8-28-24/h2-8,19-20H,9-18H2,1H3/t19-,20-,25?,26?/m1/s1. The van der Waals surface area contributed by atoms with E-state index in [-0.39, 0.29) is 10.8 Å². The zero-order valence-corrected chi connectivity index (χ0v) is 18.9. The molecule has 7 rings (SSSR count). The molecule has 0 N–H and O–H groups in total. The number of nitrogens with zero attached hydrogens (tertiary/aromatic N) is 4. The number of amides is 1. The molecular formula is C26H32N4O2. The Hall–Kier alpha value is -2.63. The maximum absolute atomic E-state index is 14.0. The topological polar surface area (TPSA) is 58.6 Å². The van der Waals surface area contributed by atoms with Gasteiger partial charge in [-0.25, -0.2) is 9.97 Å². The van der Waals surface area contributed by atoms with Crippen LogP contribution in [0.15, 0.2) is 42.7 Å². The summed E-state index contributed by atoms with van der Waals surface area (Å²) in [6.07, 6.45) is 10.5. The third-order valence-electron chi connectivity index (χ3n) is 8.62. The third-order valence-corrected chi connectivity index (χ3v) is 8.62. The summed E-state index contributed by atoms with van der Waals surface area (Å²) in [5.41, 5.74) is 1.40. The molecule has 168 valence electrons. The average molecular weight is 433 g/mol. The van der Waals surface area contributed by atoms with Crippen molar-refractivity contribution >= 4 is 11.9 Å². The van der Waals surface area contributed by atoms with Gasteiger partial charge < -0.3 is 14.5 Å². The van der Waals surface area contributed by atoms with Crippen molar-refractivity contribution < 1.29 is 9.53 Å². The predicted molar refractivity (Wildman–Crippen MR) is 123 cm³/mol. The van der Waals surface area contributed by atoms with Crippen molar-refractivity contribution in [3.05, 3.63) is 48.3 Å². The van der Waals surface area contributed by atoms with E-state index in [1.807, 2.05) is 6.07 Å². The molecule has 2 heterocycles. The molecule has 6 heteroatoms. The van der Waals surface area contributed by atoms with Gasteiger partial charge in [0.25, 0.3) is 0 Å². The van der Waals surface area contributed by atoms with Crippen LogP contribution >= 0.6 is 0 Å². The van der Waals surface area contributed by atoms with Crippen molar-refractivity contribution in [2.24, 2.45) is 17.3 Å². The van der Waals surface area contributed by atoms with E-state index >= 15 is 0 Å². The van der Waals surface area contributed by atoms with Crippen LogP contribution in [0, 0.1) is 17.3 Å². The zero-order valence-electron chi connectivity index (χ0n) is 18.9. The maximum atomic E-state index is 14.0. The smallest absolute Gasteiger partial charge is 0.228 e. The summed E-state index contributed by atoms with van der Waals surface area (Å²) in [7, 11) is 1.72. The first-order chi connectivity index (χ1) is 15.6. The van der Waals surface area contributed by atoms with Gasteiger partial charge in [-0.3, -0.25) is 4.79 Å². The van der Waals surface area contributed by atoms with Gasteiger partial charge in [0.05, 0.1) is 12.5 Å². The van der Waals surface area contributed by atoms with Crippen LogP contribution in [0.25, 0.3) is 0 Å². The largest absolute Gasteiger partial charge is 0.497 e. The summed E-state index contributed by atoms with van der Waals surface area (Å²) in [4.78, 5) is 27.1. The van der Waals surface area contributed by atoms with Crippen molar-refractivity contribution in [3.63, 3.8) is 0 Å². The van der Waals surface area contributed by atoms with Crippen molar-refractivity contribution in [2.45, 2.75) is 43.9 Å². The number of ether oxygens (including phenoxy) is 1. The summed E-state index contributed by atoms with van der Waals surface area (Å²) < 4.78 is 5.39. The van der Waals surface area contributed by atoms with E-state index in [1.165, 1.54) is 24.8 Å². The van der Waals surface area contributed by atoms with E-state index in [2.05, 4.69) is 44.0 Å². The molecule has 1 aliphatic heterocycles. The fraction of sp³-hybridized carbons (Fsp3) is 0.577. The van der Waals surface area contributed by atoms with Crippen molar-refractivity contribution in [1.82, 2.24) is 14.9 Å². The summed E-state index contributed by atoms with van der Waals surface area (Å²) >= 11 is 0. The van der Waals surface area contributed by atoms with Crippen molar-refractivity contribution in [1.29, 1.82) is 0 Å². The quantitative estimate of drug-likeness (QED) is 0.738. The fourth-order valence-electron chi connectivity index (χ4n) is 7.69. The van der Waals surface area contributed by atoms with Crippen LogP contribution < -0.4 is 9.64 Å². The second-order valence-electron chi connectivity index (χ2n) is 10.6. The van der Waals surface area contributed by atoms with Crippen LogP contribution in [-0.4, -0.2) is 54.1 Å². The van der Waals surface area contributed by atoms with Crippen molar-refractivity contribution in [2.75, 3.05) is 38.2 Å². The SMILES string of the molecule is COc1ccc(C23C[C@H]4C[C@@H](CC(C(=O)N5CCN(c6ncccn6)CC5)(C4)C2)C3)cc1. The van der Waals surface area contributed by atoms with Crippen LogP contribution in [0.2, 0.25) is 0 Å². The van der Waals surface area contributed by atoms with Gasteiger partial charge in [0.1, 0.15) is 5.75 Å². The van der Waals surface area contributed by atoms with Crippen LogP contribution in [0.1, 0.15) is 44.1 Å². The lowest BCUT2D eigenvalue weighted by Crippen LogP contribution is -2.61. The molecule has 2 aromatic rings. The van der Waals surface area contributed by atoms with Gasteiger partial charge in [-0.15, -0.1) is 0 Å². The predicted octanol–water partition coefficient (Wildman–Crippen LogP) is 3.67. The monoisotopic (exact) mass is 432 g/mol. The van der Waals surface area contributed by atoms with E-state index in [1.54, 1.807) is 19.5 Å². The van der Waals surface area contributed by atoms with E-state index < -0.39 is 0 Å². The highest BCUT2D eigenvalue weighted by Gasteiger charge is 2.61. The third kappa shape index (κ3) is 3.18. The fourth-order valence-corrected chi connectivity index (χ4v) is 7.69. The van der Waals surface area contributed by atoms with Crippen LogP contribution in [0.3, 0.4) is 0 Å². The number of anilines is 1. The number of benzene rings is 1. The second-order valence-corrected chi connectivity index (χ2v) is 10.6. The second kappa shape index (κ2) is 7.46. The molecule has 32 heavy (non-hydrogen) atoms. The first kappa shape index (κ1) is 20.0. The van der Waals surface area contributed by atoms with E-state index in [4.69, 9.17) is 4.74 Å². The lowest BCUT2D eigenvalue weighted by Gasteiger charge is -2.62. The van der Waals surface area contributed by atoms with Gasteiger partial charge >= 0.3 is 0 Å². The summed E-state index contributed by atoms with van der Waals surface area (Å²) in [6.45, 7) is 3.15. The number of carbonyl (C=O) groups excluding carboxylic acids is 1. The average Bonchev–Trinajstić information content (AvgIpc) is 2.83. The molecule has 1 amide bonds. The van der Waals surface area contributed by atoms with Crippen molar-refractivity contribution in [3.8, 4) is 5.75 Å². The maximum Gasteiger partial charge on any atom is 0.228 e. The molecule has 4 aliphatic carbocycles. The molecule has 2 atom stereocenters. The molecule has 6 nitrogen and oxygen atoms in total. The van der Waals surface area contributed by atoms with E-state index in [9.17, 15) is 4.79 Å². The molecule has 4 bridgehead atoms. The molecule has 5 fully saturated rings. The highest BCUT2D eigenvalue weighted by atomic mass is 16.5. The molecule has 1 aromatic carbocycles. The summed E-state index contributed by atoms with van der Waals surface area (Å²) in [6, 6.07) is 10.5. The number of hydrogen-bond donors (Lipinski definition) is 0. The van der Waals surface area contributed by atoms with Gasteiger partial charge in [-0.1, -0.05) is 12.1 Å². The Bertz CT molecular complexity index is 971. The Labute approximate surface area is 190 Å². The Balaban J connectivity index is 1.22. The number of aromatic nitrogens is 2. The summed E-state index contributed by atoms with van der Waals surface area (Å²) in [5.74, 6) is 3.46. The highest BCUT2D eigenvalue weighted by molar-refractivity contribution is 5.84. The number of carbonyl (C=O) groups is 1. The molecule has 1 saturated heterocycles. The minimum Gasteiger partial charge on any atom is -0.497 e. The van der Waals surface area contributed by atoms with Gasteiger partial charge in [-0.05, 0) is 79.5 Å². The molecule has 0 radical (unpaired) electrons. The minimum atomic E-state index is -0.171. The zero-order chi connectivity index (χ0) is 21.8. The number of methoxy groups -OCH3 is 1. The lowest BCUT2D eigenvalue weighted by molar-refractivity contribution is -0.160. The normalized spacial score (nSPS) is 33.4. The van der Waals surface area contributed by atoms with Crippen LogP contribution in [0.5, 0.6) is 5.75 Å². The number of piperazine rings is 1. The Kier molecular flexibility index (Phi) is 4.67. The molecule has 0 unspecified atom stereocenters. The van der Waals surface area contributed by atoms with E-state index in [0.29, 0.717) is 17.7 Å². The Morgan fingerprint density at radius 1 is 0.969 bits per heavy atom. The number of hydrogen-bond acceptors (Lipinski definition) is 5. The minimum absolute atomic E-state index is 0.158. The molecular weight excluding hydrogens is 400 g/mol. The Morgan fingerprint density at radius 2 is 1.62 bits per heavy atom. The van der Waals surface area contributed by atoms with Gasteiger partial charge in [0, 0.05) is 38.6 Å². The molecule has 0 spiro atoms. The van der Waals surface area contributed by atoms with E-state index in [0.717, 1.165) is 57.1 Å². The molecule has 1 aromatic heterocycles. The van der Waals surface area contributed by atoms with Crippen LogP contribution in [-0.2, 0) is 10.2 Å². The highest BCUT2D eigenvalue weighted by Crippen LogP contribution is 2.66. The first-order valence-corrected chi connectivity index (χ1v) is 12.1. The Morgan fingerprint density at radius 3 is 2.25 bits per heavy atom. The first-order valence-electron chi connectivity index (χ1n) is 12.1. The number of rotatable bonds is 4. The molecule has 4 saturated carbocycles. The lowest BCUT2D eigenvalue weighted by atomic mass is 9.42. The molecule has 5 aliphatic rings. The van der Waals surface area contributed by atoms with Gasteiger partial charge in [-0.2, -0.15) is 0 Å². The van der Waals surface area contributed by atoms with Gasteiger partial charge in [0.15, 0.2) is 0 Å². The van der Waals surface area contributed by atoms with Crippen LogP contribution in [0.4, 0.5) is 5.95 Å². The summed E-state index contributed by atoms with van der Waals surface area (Å²) in [5, 5.41) is 0. The van der Waals surface area contributed by atoms with Gasteiger partial charge in [0.2, 0.25) is 11.9 Å².